The monoisotopic (exact) mass is 416 g/mol. The van der Waals surface area contributed by atoms with Crippen molar-refractivity contribution in [3.8, 4) is 11.5 Å². The fourth-order valence-electron chi connectivity index (χ4n) is 1.88. The molecule has 0 aliphatic carbocycles. The lowest BCUT2D eigenvalue weighted by atomic mass is 10.2. The molecule has 0 aliphatic heterocycles. The van der Waals surface area contributed by atoms with E-state index in [1.165, 1.54) is 31.2 Å². The van der Waals surface area contributed by atoms with Gasteiger partial charge < -0.3 is 14.6 Å². The minimum absolute atomic E-state index is 0.0809. The van der Waals surface area contributed by atoms with E-state index >= 15 is 0 Å². The number of hydrogen-bond donors (Lipinski definition) is 1. The maximum Gasteiger partial charge on any atom is 0.341 e. The number of carbonyl (C=O) groups excluding carboxylic acids is 3. The Morgan fingerprint density at radius 3 is 2.24 bits per heavy atom. The van der Waals surface area contributed by atoms with Gasteiger partial charge in [0.15, 0.2) is 11.6 Å². The van der Waals surface area contributed by atoms with Gasteiger partial charge in [-0.05, 0) is 61.2 Å². The van der Waals surface area contributed by atoms with Crippen LogP contribution in [0.25, 0.3) is 0 Å². The summed E-state index contributed by atoms with van der Waals surface area (Å²) in [7, 11) is 0. The molecule has 1 N–H and O–H groups in total. The van der Waals surface area contributed by atoms with E-state index in [1.54, 1.807) is 12.1 Å². The van der Waals surface area contributed by atoms with Crippen molar-refractivity contribution in [2.45, 2.75) is 11.8 Å². The molecule has 150 valence electrons. The Hall–Kier alpha value is -3.23. The molecule has 0 amide bonds. The zero-order chi connectivity index (χ0) is 21.6. The third-order valence-electron chi connectivity index (χ3n) is 3.44. The van der Waals surface area contributed by atoms with Crippen molar-refractivity contribution in [3.63, 3.8) is 0 Å². The standard InChI is InChI=1S/C21H17FO6S/c1-12(2)19(24)28-18-9-4-14(10-17(18)22)21(26)29-16-7-5-15(6-8-16)27-20(25)13(3)11-23/h4-10,23H,1,3,11H2,2H3. The van der Waals surface area contributed by atoms with Crippen LogP contribution in [0, 0.1) is 5.82 Å². The highest BCUT2D eigenvalue weighted by Crippen LogP contribution is 2.27. The molecule has 0 saturated heterocycles. The SMILES string of the molecule is C=C(C)C(=O)Oc1ccc(C(=O)Sc2ccc(OC(=O)C(=C)CO)cc2)cc1F. The van der Waals surface area contributed by atoms with Crippen LogP contribution in [-0.2, 0) is 9.59 Å². The first-order chi connectivity index (χ1) is 13.7. The molecule has 2 aromatic carbocycles. The normalized spacial score (nSPS) is 10.2. The second-order valence-corrected chi connectivity index (χ2v) is 6.87. The Morgan fingerprint density at radius 2 is 1.69 bits per heavy atom. The average Bonchev–Trinajstić information content (AvgIpc) is 2.69. The smallest absolute Gasteiger partial charge is 0.341 e. The molecular formula is C21H17FO6S. The van der Waals surface area contributed by atoms with Gasteiger partial charge in [-0.2, -0.15) is 0 Å². The summed E-state index contributed by atoms with van der Waals surface area (Å²) in [5, 5.41) is 8.41. The molecule has 0 atom stereocenters. The molecule has 0 heterocycles. The van der Waals surface area contributed by atoms with Gasteiger partial charge in [-0.15, -0.1) is 0 Å². The van der Waals surface area contributed by atoms with Gasteiger partial charge in [-0.25, -0.2) is 14.0 Å². The van der Waals surface area contributed by atoms with Gasteiger partial charge in [0.05, 0.1) is 12.2 Å². The Morgan fingerprint density at radius 1 is 1.03 bits per heavy atom. The van der Waals surface area contributed by atoms with Gasteiger partial charge in [0.25, 0.3) is 0 Å². The minimum Gasteiger partial charge on any atom is -0.423 e. The lowest BCUT2D eigenvalue weighted by Crippen LogP contribution is -2.12. The number of benzene rings is 2. The molecule has 6 nitrogen and oxygen atoms in total. The Bertz CT molecular complexity index is 981. The second kappa shape index (κ2) is 9.81. The highest BCUT2D eigenvalue weighted by molar-refractivity contribution is 8.14. The summed E-state index contributed by atoms with van der Waals surface area (Å²) in [6, 6.07) is 9.56. The average molecular weight is 416 g/mol. The van der Waals surface area contributed by atoms with Crippen LogP contribution in [0.5, 0.6) is 11.5 Å². The molecule has 0 unspecified atom stereocenters. The van der Waals surface area contributed by atoms with Crippen LogP contribution in [0.2, 0.25) is 0 Å². The lowest BCUT2D eigenvalue weighted by molar-refractivity contribution is -0.131. The molecule has 0 spiro atoms. The predicted octanol–water partition coefficient (Wildman–Crippen LogP) is 3.69. The number of hydrogen-bond acceptors (Lipinski definition) is 7. The van der Waals surface area contributed by atoms with E-state index in [0.29, 0.717) is 4.90 Å². The molecule has 29 heavy (non-hydrogen) atoms. The summed E-state index contributed by atoms with van der Waals surface area (Å²) >= 11 is 0.843. The number of rotatable bonds is 7. The molecule has 0 bridgehead atoms. The van der Waals surface area contributed by atoms with Gasteiger partial charge in [0, 0.05) is 16.0 Å². The van der Waals surface area contributed by atoms with E-state index < -0.39 is 29.5 Å². The lowest BCUT2D eigenvalue weighted by Gasteiger charge is -2.07. The zero-order valence-electron chi connectivity index (χ0n) is 15.4. The predicted molar refractivity (Wildman–Crippen MR) is 105 cm³/mol. The molecule has 0 saturated carbocycles. The van der Waals surface area contributed by atoms with Crippen LogP contribution in [0.4, 0.5) is 4.39 Å². The maximum absolute atomic E-state index is 14.1. The fraction of sp³-hybridized carbons (Fsp3) is 0.0952. The molecule has 2 rings (SSSR count). The highest BCUT2D eigenvalue weighted by Gasteiger charge is 2.15. The van der Waals surface area contributed by atoms with E-state index in [2.05, 4.69) is 13.2 Å². The third-order valence-corrected chi connectivity index (χ3v) is 4.37. The topological polar surface area (TPSA) is 89.9 Å². The maximum atomic E-state index is 14.1. The van der Waals surface area contributed by atoms with Crippen molar-refractivity contribution in [1.29, 1.82) is 0 Å². The minimum atomic E-state index is -0.850. The Kier molecular flexibility index (Phi) is 7.46. The van der Waals surface area contributed by atoms with E-state index in [9.17, 15) is 18.8 Å². The van der Waals surface area contributed by atoms with E-state index in [1.807, 2.05) is 0 Å². The number of ether oxygens (including phenoxy) is 2. The van der Waals surface area contributed by atoms with Crippen molar-refractivity contribution >= 4 is 28.8 Å². The Balaban J connectivity index is 2.03. The highest BCUT2D eigenvalue weighted by atomic mass is 32.2. The van der Waals surface area contributed by atoms with Gasteiger partial charge >= 0.3 is 11.9 Å². The van der Waals surface area contributed by atoms with Crippen molar-refractivity contribution in [3.05, 3.63) is 78.1 Å². The molecule has 0 fully saturated rings. The van der Waals surface area contributed by atoms with Crippen molar-refractivity contribution in [2.75, 3.05) is 6.61 Å². The summed E-state index contributed by atoms with van der Waals surface area (Å²) in [6.07, 6.45) is 0. The number of aliphatic hydroxyl groups is 1. The summed E-state index contributed by atoms with van der Waals surface area (Å²) in [5.41, 5.74) is 0.116. The third kappa shape index (κ3) is 6.13. The first-order valence-electron chi connectivity index (χ1n) is 8.21. The number of carbonyl (C=O) groups is 3. The van der Waals surface area contributed by atoms with Crippen LogP contribution >= 0.6 is 11.8 Å². The van der Waals surface area contributed by atoms with Gasteiger partial charge in [-0.1, -0.05) is 13.2 Å². The Labute approximate surface area is 170 Å². The summed E-state index contributed by atoms with van der Waals surface area (Å²) in [6.45, 7) is 7.70. The van der Waals surface area contributed by atoms with Crippen LogP contribution in [0.1, 0.15) is 17.3 Å². The summed E-state index contributed by atoms with van der Waals surface area (Å²) in [5.74, 6) is -2.45. The van der Waals surface area contributed by atoms with E-state index in [4.69, 9.17) is 14.6 Å². The molecule has 0 aliphatic rings. The van der Waals surface area contributed by atoms with Crippen LogP contribution in [-0.4, -0.2) is 28.8 Å². The number of aliphatic hydroxyl groups excluding tert-OH is 1. The van der Waals surface area contributed by atoms with Gasteiger partial charge in [0.1, 0.15) is 5.75 Å². The first kappa shape index (κ1) is 22.1. The molecule has 2 aromatic rings. The summed E-state index contributed by atoms with van der Waals surface area (Å²) < 4.78 is 23.9. The fourth-order valence-corrected chi connectivity index (χ4v) is 2.61. The first-order valence-corrected chi connectivity index (χ1v) is 9.03. The van der Waals surface area contributed by atoms with Gasteiger partial charge in [0.2, 0.25) is 5.12 Å². The van der Waals surface area contributed by atoms with Crippen molar-refractivity contribution in [2.24, 2.45) is 0 Å². The van der Waals surface area contributed by atoms with Crippen molar-refractivity contribution in [1.82, 2.24) is 0 Å². The van der Waals surface area contributed by atoms with E-state index in [-0.39, 0.29) is 28.2 Å². The molecular weight excluding hydrogens is 399 g/mol. The number of esters is 2. The number of thioether (sulfide) groups is 1. The number of halogens is 1. The van der Waals surface area contributed by atoms with Crippen LogP contribution in [0.15, 0.2) is 71.7 Å². The quantitative estimate of drug-likeness (QED) is 0.319. The van der Waals surface area contributed by atoms with E-state index in [0.717, 1.165) is 17.8 Å². The zero-order valence-corrected chi connectivity index (χ0v) is 16.3. The van der Waals surface area contributed by atoms with Crippen LogP contribution in [0.3, 0.4) is 0 Å². The molecule has 0 aromatic heterocycles. The molecule has 0 radical (unpaired) electrons. The van der Waals surface area contributed by atoms with Crippen molar-refractivity contribution < 1.29 is 33.4 Å². The molecule has 8 heteroatoms. The summed E-state index contributed by atoms with van der Waals surface area (Å²) in [4.78, 5) is 35.9. The largest absolute Gasteiger partial charge is 0.423 e. The van der Waals surface area contributed by atoms with Crippen LogP contribution < -0.4 is 9.47 Å². The second-order valence-electron chi connectivity index (χ2n) is 5.83. The van der Waals surface area contributed by atoms with Gasteiger partial charge in [-0.3, -0.25) is 4.79 Å².